The van der Waals surface area contributed by atoms with Crippen LogP contribution in [0.1, 0.15) is 26.2 Å². The van der Waals surface area contributed by atoms with Gasteiger partial charge in [-0.1, -0.05) is 6.92 Å². The van der Waals surface area contributed by atoms with Crippen LogP contribution in [-0.2, 0) is 14.3 Å². The van der Waals surface area contributed by atoms with Gasteiger partial charge in [0.1, 0.15) is 0 Å². The van der Waals surface area contributed by atoms with Gasteiger partial charge >= 0.3 is 0 Å². The molecule has 4 heteroatoms. The molecule has 15 heavy (non-hydrogen) atoms. The van der Waals surface area contributed by atoms with Crippen LogP contribution in [0.5, 0.6) is 0 Å². The Morgan fingerprint density at radius 2 is 1.80 bits per heavy atom. The number of carbonyl (C=O) groups is 1. The minimum atomic E-state index is 0.214. The molecule has 0 aliphatic heterocycles. The monoisotopic (exact) mass is 217 g/mol. The Kier molecular flexibility index (Phi) is 9.52. The van der Waals surface area contributed by atoms with Crippen LogP contribution in [-0.4, -0.2) is 51.3 Å². The molecule has 0 aromatic heterocycles. The molecular formula is C11H23NO3. The molecule has 0 saturated carbocycles. The van der Waals surface area contributed by atoms with Crippen molar-refractivity contribution in [3.63, 3.8) is 0 Å². The lowest BCUT2D eigenvalue weighted by molar-refractivity contribution is -0.132. The standard InChI is InChI=1S/C11H23NO3/c1-4-6-11(13)12(8-10-15-3)7-5-9-14-2/h4-10H2,1-3H3. The van der Waals surface area contributed by atoms with Crippen LogP contribution in [0, 0.1) is 0 Å². The Labute approximate surface area is 92.5 Å². The molecule has 0 aliphatic rings. The van der Waals surface area contributed by atoms with Crippen LogP contribution in [0.2, 0.25) is 0 Å². The molecule has 0 rings (SSSR count). The maximum atomic E-state index is 11.7. The lowest BCUT2D eigenvalue weighted by Crippen LogP contribution is -2.35. The van der Waals surface area contributed by atoms with Crippen molar-refractivity contribution in [2.24, 2.45) is 0 Å². The normalized spacial score (nSPS) is 10.3. The number of ether oxygens (including phenoxy) is 2. The summed E-state index contributed by atoms with van der Waals surface area (Å²) in [5.41, 5.74) is 0. The molecule has 0 spiro atoms. The summed E-state index contributed by atoms with van der Waals surface area (Å²) in [4.78, 5) is 13.5. The van der Waals surface area contributed by atoms with E-state index in [0.717, 1.165) is 19.4 Å². The van der Waals surface area contributed by atoms with Gasteiger partial charge in [0.15, 0.2) is 0 Å². The highest BCUT2D eigenvalue weighted by molar-refractivity contribution is 5.76. The van der Waals surface area contributed by atoms with Gasteiger partial charge in [-0.15, -0.1) is 0 Å². The van der Waals surface area contributed by atoms with Gasteiger partial charge in [-0.3, -0.25) is 4.79 Å². The zero-order chi connectivity index (χ0) is 11.5. The zero-order valence-corrected chi connectivity index (χ0v) is 10.1. The van der Waals surface area contributed by atoms with Gasteiger partial charge in [0.2, 0.25) is 5.91 Å². The second-order valence-electron chi connectivity index (χ2n) is 3.47. The van der Waals surface area contributed by atoms with Crippen LogP contribution in [0.4, 0.5) is 0 Å². The van der Waals surface area contributed by atoms with Crippen molar-refractivity contribution >= 4 is 5.91 Å². The highest BCUT2D eigenvalue weighted by Crippen LogP contribution is 1.99. The van der Waals surface area contributed by atoms with E-state index in [4.69, 9.17) is 9.47 Å². The van der Waals surface area contributed by atoms with Crippen molar-refractivity contribution in [1.82, 2.24) is 4.90 Å². The summed E-state index contributed by atoms with van der Waals surface area (Å²) in [6.07, 6.45) is 2.40. The van der Waals surface area contributed by atoms with Crippen molar-refractivity contribution < 1.29 is 14.3 Å². The van der Waals surface area contributed by atoms with E-state index in [0.29, 0.717) is 26.2 Å². The minimum Gasteiger partial charge on any atom is -0.385 e. The Morgan fingerprint density at radius 1 is 1.13 bits per heavy atom. The summed E-state index contributed by atoms with van der Waals surface area (Å²) in [5, 5.41) is 0. The van der Waals surface area contributed by atoms with E-state index in [2.05, 4.69) is 0 Å². The molecule has 0 heterocycles. The van der Waals surface area contributed by atoms with E-state index in [1.165, 1.54) is 0 Å². The van der Waals surface area contributed by atoms with E-state index in [-0.39, 0.29) is 5.91 Å². The van der Waals surface area contributed by atoms with Crippen molar-refractivity contribution in [2.75, 3.05) is 40.5 Å². The SMILES string of the molecule is CCCC(=O)N(CCCOC)CCOC. The molecule has 0 bridgehead atoms. The molecule has 0 radical (unpaired) electrons. The fourth-order valence-electron chi connectivity index (χ4n) is 1.33. The maximum absolute atomic E-state index is 11.7. The van der Waals surface area contributed by atoms with Crippen molar-refractivity contribution in [3.05, 3.63) is 0 Å². The number of hydrogen-bond acceptors (Lipinski definition) is 3. The van der Waals surface area contributed by atoms with Gasteiger partial charge in [0.25, 0.3) is 0 Å². The number of carbonyl (C=O) groups excluding carboxylic acids is 1. The number of hydrogen-bond donors (Lipinski definition) is 0. The quantitative estimate of drug-likeness (QED) is 0.546. The summed E-state index contributed by atoms with van der Waals surface area (Å²) < 4.78 is 9.95. The number of amides is 1. The lowest BCUT2D eigenvalue weighted by atomic mass is 10.3. The Hall–Kier alpha value is -0.610. The van der Waals surface area contributed by atoms with Crippen molar-refractivity contribution in [2.45, 2.75) is 26.2 Å². The van der Waals surface area contributed by atoms with E-state index in [9.17, 15) is 4.79 Å². The fourth-order valence-corrected chi connectivity index (χ4v) is 1.33. The number of nitrogens with zero attached hydrogens (tertiary/aromatic N) is 1. The topological polar surface area (TPSA) is 38.8 Å². The van der Waals surface area contributed by atoms with Gasteiger partial charge < -0.3 is 14.4 Å². The minimum absolute atomic E-state index is 0.214. The van der Waals surface area contributed by atoms with Crippen LogP contribution in [0.25, 0.3) is 0 Å². The summed E-state index contributed by atoms with van der Waals surface area (Å²) in [6, 6.07) is 0. The van der Waals surface area contributed by atoms with Crippen molar-refractivity contribution in [3.8, 4) is 0 Å². The van der Waals surface area contributed by atoms with Crippen LogP contribution in [0.15, 0.2) is 0 Å². The Balaban J connectivity index is 3.87. The smallest absolute Gasteiger partial charge is 0.222 e. The van der Waals surface area contributed by atoms with Gasteiger partial charge in [-0.2, -0.15) is 0 Å². The molecule has 0 atom stereocenters. The molecule has 0 aromatic carbocycles. The first-order valence-electron chi connectivity index (χ1n) is 5.51. The highest BCUT2D eigenvalue weighted by atomic mass is 16.5. The third kappa shape index (κ3) is 7.33. The number of rotatable bonds is 9. The maximum Gasteiger partial charge on any atom is 0.222 e. The van der Waals surface area contributed by atoms with Gasteiger partial charge in [-0.05, 0) is 12.8 Å². The molecule has 0 saturated heterocycles. The fraction of sp³-hybridized carbons (Fsp3) is 0.909. The molecule has 0 aliphatic carbocycles. The third-order valence-electron chi connectivity index (χ3n) is 2.16. The summed E-state index contributed by atoms with van der Waals surface area (Å²) >= 11 is 0. The van der Waals surface area contributed by atoms with E-state index in [1.54, 1.807) is 14.2 Å². The summed E-state index contributed by atoms with van der Waals surface area (Å²) in [6.45, 7) is 4.75. The number of methoxy groups -OCH3 is 2. The Bertz CT molecular complexity index is 162. The molecule has 0 fully saturated rings. The third-order valence-corrected chi connectivity index (χ3v) is 2.16. The summed E-state index contributed by atoms with van der Waals surface area (Å²) in [5.74, 6) is 0.214. The predicted octanol–water partition coefficient (Wildman–Crippen LogP) is 1.30. The first-order valence-corrected chi connectivity index (χ1v) is 5.51. The van der Waals surface area contributed by atoms with E-state index < -0.39 is 0 Å². The molecule has 0 aromatic rings. The average molecular weight is 217 g/mol. The van der Waals surface area contributed by atoms with Crippen LogP contribution < -0.4 is 0 Å². The molecule has 0 N–H and O–H groups in total. The van der Waals surface area contributed by atoms with E-state index in [1.807, 2.05) is 11.8 Å². The molecule has 1 amide bonds. The average Bonchev–Trinajstić information content (AvgIpc) is 2.23. The zero-order valence-electron chi connectivity index (χ0n) is 10.1. The lowest BCUT2D eigenvalue weighted by Gasteiger charge is -2.22. The largest absolute Gasteiger partial charge is 0.385 e. The van der Waals surface area contributed by atoms with E-state index >= 15 is 0 Å². The van der Waals surface area contributed by atoms with Gasteiger partial charge in [0.05, 0.1) is 6.61 Å². The Morgan fingerprint density at radius 3 is 2.33 bits per heavy atom. The summed E-state index contributed by atoms with van der Waals surface area (Å²) in [7, 11) is 3.32. The van der Waals surface area contributed by atoms with Crippen LogP contribution in [0.3, 0.4) is 0 Å². The second-order valence-corrected chi connectivity index (χ2v) is 3.47. The van der Waals surface area contributed by atoms with Crippen molar-refractivity contribution in [1.29, 1.82) is 0 Å². The van der Waals surface area contributed by atoms with Crippen LogP contribution >= 0.6 is 0 Å². The first kappa shape index (κ1) is 14.4. The molecule has 90 valence electrons. The highest BCUT2D eigenvalue weighted by Gasteiger charge is 2.11. The predicted molar refractivity (Wildman–Crippen MR) is 59.9 cm³/mol. The molecular weight excluding hydrogens is 194 g/mol. The van der Waals surface area contributed by atoms with Gasteiger partial charge in [0, 0.05) is 40.3 Å². The molecule has 4 nitrogen and oxygen atoms in total. The molecule has 0 unspecified atom stereocenters. The van der Waals surface area contributed by atoms with Gasteiger partial charge in [-0.25, -0.2) is 0 Å². The first-order chi connectivity index (χ1) is 7.26. The second kappa shape index (κ2) is 9.93.